The number of hydrogen-bond acceptors (Lipinski definition) is 5. The molecule has 0 atom stereocenters. The van der Waals surface area contributed by atoms with Gasteiger partial charge < -0.3 is 5.32 Å². The highest BCUT2D eigenvalue weighted by molar-refractivity contribution is 7.99. The van der Waals surface area contributed by atoms with Crippen molar-refractivity contribution in [3.8, 4) is 12.3 Å². The first kappa shape index (κ1) is 12.2. The van der Waals surface area contributed by atoms with E-state index in [-0.39, 0.29) is 0 Å². The molecule has 0 amide bonds. The first-order chi connectivity index (χ1) is 8.33. The summed E-state index contributed by atoms with van der Waals surface area (Å²) in [6.07, 6.45) is 6.80. The molecule has 5 heteroatoms. The molecule has 0 saturated carbocycles. The Bertz CT molecular complexity index is 542. The average Bonchev–Trinajstić information content (AvgIpc) is 2.72. The van der Waals surface area contributed by atoms with E-state index >= 15 is 0 Å². The Morgan fingerprint density at radius 3 is 3.24 bits per heavy atom. The zero-order chi connectivity index (χ0) is 12.1. The third-order valence-electron chi connectivity index (χ3n) is 2.26. The summed E-state index contributed by atoms with van der Waals surface area (Å²) in [6.45, 7) is 2.94. The van der Waals surface area contributed by atoms with Gasteiger partial charge in [-0.2, -0.15) is 0 Å². The van der Waals surface area contributed by atoms with Gasteiger partial charge in [0.25, 0.3) is 0 Å². The van der Waals surface area contributed by atoms with Crippen LogP contribution < -0.4 is 5.32 Å². The summed E-state index contributed by atoms with van der Waals surface area (Å²) < 4.78 is 1.13. The van der Waals surface area contributed by atoms with Crippen molar-refractivity contribution in [1.29, 1.82) is 0 Å². The number of thioether (sulfide) groups is 1. The number of aromatic nitrogens is 2. The van der Waals surface area contributed by atoms with Crippen molar-refractivity contribution in [3.63, 3.8) is 0 Å². The van der Waals surface area contributed by atoms with E-state index in [0.29, 0.717) is 0 Å². The summed E-state index contributed by atoms with van der Waals surface area (Å²) in [5.74, 6) is 5.29. The summed E-state index contributed by atoms with van der Waals surface area (Å²) in [4.78, 5) is 8.56. The van der Waals surface area contributed by atoms with Crippen LogP contribution in [0, 0.1) is 19.3 Å². The van der Waals surface area contributed by atoms with Crippen molar-refractivity contribution in [2.75, 3.05) is 23.4 Å². The molecule has 0 radical (unpaired) electrons. The number of thiophene rings is 1. The van der Waals surface area contributed by atoms with Crippen molar-refractivity contribution < 1.29 is 0 Å². The molecule has 0 spiro atoms. The Balaban J connectivity index is 2.01. The Morgan fingerprint density at radius 1 is 1.53 bits per heavy atom. The second kappa shape index (κ2) is 5.89. The Morgan fingerprint density at radius 2 is 2.41 bits per heavy atom. The minimum Gasteiger partial charge on any atom is -0.368 e. The summed E-state index contributed by atoms with van der Waals surface area (Å²) in [5.41, 5.74) is 2.25. The minimum absolute atomic E-state index is 0.763. The van der Waals surface area contributed by atoms with Gasteiger partial charge in [0.2, 0.25) is 0 Å². The minimum atomic E-state index is 0.763. The topological polar surface area (TPSA) is 37.8 Å². The number of nitrogens with one attached hydrogen (secondary N) is 1. The quantitative estimate of drug-likeness (QED) is 0.665. The Kier molecular flexibility index (Phi) is 4.24. The monoisotopic (exact) mass is 263 g/mol. The maximum absolute atomic E-state index is 5.19. The van der Waals surface area contributed by atoms with E-state index in [4.69, 9.17) is 6.42 Å². The lowest BCUT2D eigenvalue weighted by molar-refractivity contribution is 1.15. The molecule has 0 saturated heterocycles. The van der Waals surface area contributed by atoms with Crippen LogP contribution in [0.2, 0.25) is 0 Å². The molecule has 2 heterocycles. The SMILES string of the molecule is C#CCSCCNc1ncnc2c(C)csc12. The van der Waals surface area contributed by atoms with E-state index < -0.39 is 0 Å². The van der Waals surface area contributed by atoms with Gasteiger partial charge in [0.05, 0.1) is 16.0 Å². The molecule has 2 rings (SSSR count). The molecule has 1 N–H and O–H groups in total. The van der Waals surface area contributed by atoms with Crippen LogP contribution >= 0.6 is 23.1 Å². The molecule has 88 valence electrons. The number of terminal acetylenes is 1. The summed E-state index contributed by atoms with van der Waals surface area (Å²) in [7, 11) is 0. The first-order valence-electron chi connectivity index (χ1n) is 5.27. The molecule has 0 aliphatic heterocycles. The molecule has 0 aromatic carbocycles. The molecule has 17 heavy (non-hydrogen) atoms. The highest BCUT2D eigenvalue weighted by Crippen LogP contribution is 2.28. The second-order valence-corrected chi connectivity index (χ2v) is 5.49. The Hall–Kier alpha value is -1.25. The maximum Gasteiger partial charge on any atom is 0.147 e. The van der Waals surface area contributed by atoms with Crippen LogP contribution in [-0.2, 0) is 0 Å². The number of rotatable bonds is 5. The fourth-order valence-corrected chi connectivity index (χ4v) is 2.94. The van der Waals surface area contributed by atoms with Gasteiger partial charge in [0, 0.05) is 12.3 Å². The molecule has 0 bridgehead atoms. The van der Waals surface area contributed by atoms with Gasteiger partial charge in [0.1, 0.15) is 12.1 Å². The molecule has 0 unspecified atom stereocenters. The number of aryl methyl sites for hydroxylation is 1. The maximum atomic E-state index is 5.19. The molecular weight excluding hydrogens is 250 g/mol. The largest absolute Gasteiger partial charge is 0.368 e. The molecule has 0 aliphatic carbocycles. The van der Waals surface area contributed by atoms with Crippen molar-refractivity contribution >= 4 is 39.1 Å². The fraction of sp³-hybridized carbons (Fsp3) is 0.333. The van der Waals surface area contributed by atoms with Crippen molar-refractivity contribution in [3.05, 3.63) is 17.3 Å². The molecule has 2 aromatic heterocycles. The van der Waals surface area contributed by atoms with Gasteiger partial charge in [-0.1, -0.05) is 5.92 Å². The van der Waals surface area contributed by atoms with Crippen LogP contribution in [0.25, 0.3) is 10.2 Å². The lowest BCUT2D eigenvalue weighted by Crippen LogP contribution is -2.06. The molecule has 0 aliphatic rings. The molecule has 3 nitrogen and oxygen atoms in total. The van der Waals surface area contributed by atoms with Crippen LogP contribution in [0.15, 0.2) is 11.7 Å². The van der Waals surface area contributed by atoms with Gasteiger partial charge in [-0.15, -0.1) is 29.5 Å². The van der Waals surface area contributed by atoms with E-state index in [1.54, 1.807) is 29.4 Å². The normalized spacial score (nSPS) is 10.4. The highest BCUT2D eigenvalue weighted by atomic mass is 32.2. The van der Waals surface area contributed by atoms with E-state index in [2.05, 4.69) is 33.5 Å². The summed E-state index contributed by atoms with van der Waals surface area (Å²) >= 11 is 3.43. The van der Waals surface area contributed by atoms with Crippen LogP contribution in [0.4, 0.5) is 5.82 Å². The van der Waals surface area contributed by atoms with Gasteiger partial charge in [-0.05, 0) is 17.9 Å². The smallest absolute Gasteiger partial charge is 0.147 e. The predicted molar refractivity (Wildman–Crippen MR) is 76.8 cm³/mol. The molecule has 2 aromatic rings. The van der Waals surface area contributed by atoms with Gasteiger partial charge in [-0.3, -0.25) is 0 Å². The molecular formula is C12H13N3S2. The zero-order valence-corrected chi connectivity index (χ0v) is 11.2. The van der Waals surface area contributed by atoms with Crippen molar-refractivity contribution in [2.24, 2.45) is 0 Å². The fourth-order valence-electron chi connectivity index (χ4n) is 1.47. The van der Waals surface area contributed by atoms with E-state index in [0.717, 1.165) is 34.1 Å². The number of anilines is 1. The predicted octanol–water partition coefficient (Wildman–Crippen LogP) is 2.78. The van der Waals surface area contributed by atoms with E-state index in [1.807, 2.05) is 0 Å². The first-order valence-corrected chi connectivity index (χ1v) is 7.30. The van der Waals surface area contributed by atoms with Crippen LogP contribution in [0.3, 0.4) is 0 Å². The average molecular weight is 263 g/mol. The molecule has 0 fully saturated rings. The van der Waals surface area contributed by atoms with Gasteiger partial charge in [-0.25, -0.2) is 9.97 Å². The standard InChI is InChI=1S/C12H13N3S2/c1-3-5-16-6-4-13-12-11-10(14-8-15-12)9(2)7-17-11/h1,7-8H,4-6H2,2H3,(H,13,14,15). The number of fused-ring (bicyclic) bond motifs is 1. The second-order valence-electron chi connectivity index (χ2n) is 3.50. The van der Waals surface area contributed by atoms with Gasteiger partial charge in [0.15, 0.2) is 0 Å². The van der Waals surface area contributed by atoms with Crippen LogP contribution in [0.5, 0.6) is 0 Å². The van der Waals surface area contributed by atoms with Crippen LogP contribution in [-0.4, -0.2) is 28.0 Å². The van der Waals surface area contributed by atoms with E-state index in [9.17, 15) is 0 Å². The third kappa shape index (κ3) is 2.90. The van der Waals surface area contributed by atoms with Crippen LogP contribution in [0.1, 0.15) is 5.56 Å². The lowest BCUT2D eigenvalue weighted by Gasteiger charge is -2.05. The van der Waals surface area contributed by atoms with Crippen molar-refractivity contribution in [2.45, 2.75) is 6.92 Å². The van der Waals surface area contributed by atoms with Gasteiger partial charge >= 0.3 is 0 Å². The number of hydrogen-bond donors (Lipinski definition) is 1. The highest BCUT2D eigenvalue weighted by Gasteiger charge is 2.06. The lowest BCUT2D eigenvalue weighted by atomic mass is 10.3. The third-order valence-corrected chi connectivity index (χ3v) is 4.21. The summed E-state index contributed by atoms with van der Waals surface area (Å²) in [6, 6.07) is 0. The summed E-state index contributed by atoms with van der Waals surface area (Å²) in [5, 5.41) is 5.44. The number of nitrogens with zero attached hydrogens (tertiary/aromatic N) is 2. The van der Waals surface area contributed by atoms with Crippen molar-refractivity contribution in [1.82, 2.24) is 9.97 Å². The van der Waals surface area contributed by atoms with E-state index in [1.165, 1.54) is 5.56 Å². The Labute approximate surface area is 109 Å². The zero-order valence-electron chi connectivity index (χ0n) is 9.56.